The molecule has 4 aliphatic rings. The van der Waals surface area contributed by atoms with Crippen molar-refractivity contribution in [1.29, 1.82) is 0 Å². The molecular weight excluding hydrogens is 436 g/mol. The minimum atomic E-state index is -0.851. The molecule has 0 aromatic carbocycles. The Morgan fingerprint density at radius 3 is 2.11 bits per heavy atom. The summed E-state index contributed by atoms with van der Waals surface area (Å²) in [7, 11) is 0. The molecule has 204 valence electrons. The van der Waals surface area contributed by atoms with Crippen molar-refractivity contribution in [2.75, 3.05) is 6.61 Å². The van der Waals surface area contributed by atoms with Gasteiger partial charge in [-0.2, -0.15) is 0 Å². The number of hydrogen-bond donors (Lipinski definition) is 3. The molecule has 0 amide bonds. The highest BCUT2D eigenvalue weighted by Gasteiger charge is 2.62. The molecular formula is C31H56O4. The molecule has 4 heteroatoms. The number of rotatable bonds is 8. The van der Waals surface area contributed by atoms with Crippen molar-refractivity contribution >= 4 is 0 Å². The van der Waals surface area contributed by atoms with Crippen LogP contribution in [-0.4, -0.2) is 45.3 Å². The summed E-state index contributed by atoms with van der Waals surface area (Å²) >= 11 is 0. The lowest BCUT2D eigenvalue weighted by molar-refractivity contribution is -0.193. The lowest BCUT2D eigenvalue weighted by Crippen LogP contribution is -2.59. The summed E-state index contributed by atoms with van der Waals surface area (Å²) in [4.78, 5) is 0. The van der Waals surface area contributed by atoms with E-state index in [-0.39, 0.29) is 11.5 Å². The largest absolute Gasteiger partial charge is 0.390 e. The summed E-state index contributed by atoms with van der Waals surface area (Å²) in [5.41, 5.74) is -0.716. The first-order valence-electron chi connectivity index (χ1n) is 14.9. The fourth-order valence-electron chi connectivity index (χ4n) is 9.83. The van der Waals surface area contributed by atoms with E-state index in [2.05, 4.69) is 20.8 Å². The zero-order valence-corrected chi connectivity index (χ0v) is 23.9. The zero-order valence-electron chi connectivity index (χ0n) is 23.9. The van der Waals surface area contributed by atoms with Crippen LogP contribution in [0.1, 0.15) is 119 Å². The highest BCUT2D eigenvalue weighted by atomic mass is 16.5. The summed E-state index contributed by atoms with van der Waals surface area (Å²) in [6.45, 7) is 15.3. The molecule has 0 heterocycles. The second kappa shape index (κ2) is 9.86. The fourth-order valence-corrected chi connectivity index (χ4v) is 9.83. The normalized spacial score (nSPS) is 44.9. The molecule has 0 aromatic heterocycles. The van der Waals surface area contributed by atoms with Gasteiger partial charge in [0.1, 0.15) is 0 Å². The average molecular weight is 493 g/mol. The van der Waals surface area contributed by atoms with Crippen LogP contribution in [0.5, 0.6) is 0 Å². The van der Waals surface area contributed by atoms with E-state index in [9.17, 15) is 15.3 Å². The van der Waals surface area contributed by atoms with Crippen molar-refractivity contribution in [1.82, 2.24) is 0 Å². The molecule has 0 radical (unpaired) electrons. The summed E-state index contributed by atoms with van der Waals surface area (Å²) in [5.74, 6) is 4.25. The lowest BCUT2D eigenvalue weighted by Gasteiger charge is -2.62. The maximum absolute atomic E-state index is 11.4. The Hall–Kier alpha value is -0.160. The second-order valence-electron chi connectivity index (χ2n) is 15.2. The van der Waals surface area contributed by atoms with Crippen LogP contribution >= 0.6 is 0 Å². The Morgan fingerprint density at radius 1 is 0.829 bits per heavy atom. The number of fused-ring (bicyclic) bond motifs is 5. The van der Waals surface area contributed by atoms with Gasteiger partial charge in [0.05, 0.1) is 30.0 Å². The Balaban J connectivity index is 1.42. The maximum Gasteiger partial charge on any atom is 0.0838 e. The predicted molar refractivity (Wildman–Crippen MR) is 142 cm³/mol. The molecule has 4 rings (SSSR count). The molecule has 0 aromatic rings. The van der Waals surface area contributed by atoms with E-state index < -0.39 is 17.3 Å². The average Bonchev–Trinajstić information content (AvgIpc) is 3.09. The summed E-state index contributed by atoms with van der Waals surface area (Å²) in [6.07, 6.45) is 12.6. The zero-order chi connectivity index (χ0) is 25.8. The van der Waals surface area contributed by atoms with E-state index in [1.807, 2.05) is 13.8 Å². The van der Waals surface area contributed by atoms with Crippen LogP contribution < -0.4 is 0 Å². The van der Waals surface area contributed by atoms with Gasteiger partial charge >= 0.3 is 0 Å². The Kier molecular flexibility index (Phi) is 7.85. The number of aliphatic hydroxyl groups excluding tert-OH is 1. The molecule has 0 bridgehead atoms. The molecule has 0 aliphatic heterocycles. The molecule has 10 atom stereocenters. The lowest BCUT2D eigenvalue weighted by atomic mass is 9.44. The molecule has 4 saturated carbocycles. The summed E-state index contributed by atoms with van der Waals surface area (Å²) in [5, 5.41) is 31.6. The predicted octanol–water partition coefficient (Wildman–Crippen LogP) is 6.35. The van der Waals surface area contributed by atoms with E-state index in [1.54, 1.807) is 13.8 Å². The topological polar surface area (TPSA) is 69.9 Å². The third-order valence-corrected chi connectivity index (χ3v) is 11.6. The Bertz CT molecular complexity index is 722. The van der Waals surface area contributed by atoms with Crippen molar-refractivity contribution in [3.05, 3.63) is 0 Å². The monoisotopic (exact) mass is 492 g/mol. The van der Waals surface area contributed by atoms with Gasteiger partial charge in [-0.15, -0.1) is 0 Å². The van der Waals surface area contributed by atoms with Crippen LogP contribution in [0.15, 0.2) is 0 Å². The van der Waals surface area contributed by atoms with Gasteiger partial charge in [-0.05, 0) is 132 Å². The molecule has 4 aliphatic carbocycles. The van der Waals surface area contributed by atoms with Crippen LogP contribution in [-0.2, 0) is 4.74 Å². The molecule has 3 N–H and O–H groups in total. The molecule has 35 heavy (non-hydrogen) atoms. The molecule has 0 unspecified atom stereocenters. The first-order chi connectivity index (χ1) is 16.2. The van der Waals surface area contributed by atoms with Gasteiger partial charge in [0, 0.05) is 0 Å². The van der Waals surface area contributed by atoms with Crippen LogP contribution in [0.3, 0.4) is 0 Å². The summed E-state index contributed by atoms with van der Waals surface area (Å²) in [6, 6.07) is 0. The van der Waals surface area contributed by atoms with Gasteiger partial charge in [-0.25, -0.2) is 0 Å². The first kappa shape index (κ1) is 27.9. The smallest absolute Gasteiger partial charge is 0.0838 e. The van der Waals surface area contributed by atoms with Crippen LogP contribution in [0, 0.1) is 46.3 Å². The number of hydrogen-bond acceptors (Lipinski definition) is 4. The van der Waals surface area contributed by atoms with Crippen LogP contribution in [0.4, 0.5) is 0 Å². The van der Waals surface area contributed by atoms with Crippen LogP contribution in [0.2, 0.25) is 0 Å². The minimum Gasteiger partial charge on any atom is -0.390 e. The van der Waals surface area contributed by atoms with Gasteiger partial charge in [0.25, 0.3) is 0 Å². The number of aliphatic hydroxyl groups is 3. The third-order valence-electron chi connectivity index (χ3n) is 11.6. The van der Waals surface area contributed by atoms with Gasteiger partial charge in [0.15, 0.2) is 0 Å². The van der Waals surface area contributed by atoms with Gasteiger partial charge < -0.3 is 20.1 Å². The van der Waals surface area contributed by atoms with E-state index in [0.717, 1.165) is 61.7 Å². The van der Waals surface area contributed by atoms with Crippen molar-refractivity contribution in [2.24, 2.45) is 46.3 Å². The highest BCUT2D eigenvalue weighted by Crippen LogP contribution is 2.68. The van der Waals surface area contributed by atoms with Crippen molar-refractivity contribution in [3.8, 4) is 0 Å². The Labute approximate surface area is 215 Å². The second-order valence-corrected chi connectivity index (χ2v) is 15.2. The molecule has 0 saturated heterocycles. The highest BCUT2D eigenvalue weighted by molar-refractivity contribution is 5.11. The molecule has 4 nitrogen and oxygen atoms in total. The van der Waals surface area contributed by atoms with E-state index >= 15 is 0 Å². The van der Waals surface area contributed by atoms with Crippen molar-refractivity contribution in [2.45, 2.75) is 143 Å². The maximum atomic E-state index is 11.4. The van der Waals surface area contributed by atoms with Gasteiger partial charge in [-0.3, -0.25) is 0 Å². The standard InChI is InChI=1S/C31H56O4/c1-20(9-8-16-28(2,3)33)22-12-13-23-21-10-11-25-27(32)26(35-19-29(4,5)34)15-18-31(25,7)24(21)14-17-30(22,23)6/h20-27,32-34H,8-19H2,1-7H3/t20-,21+,22-,23+,24+,25+,26+,27-,30-,31-/m1/s1. The third kappa shape index (κ3) is 5.52. The number of ether oxygens (including phenoxy) is 1. The summed E-state index contributed by atoms with van der Waals surface area (Å²) < 4.78 is 6.05. The quantitative estimate of drug-likeness (QED) is 0.369. The SMILES string of the molecule is C[C@H](CCCC(C)(C)O)[C@H]1CC[C@H]2[C@@H]3CC[C@H]4[C@@H](O)[C@@H](OCC(C)(C)O)CC[C@]4(C)[C@H]3CC[C@]12C. The molecule has 4 fully saturated rings. The van der Waals surface area contributed by atoms with E-state index in [4.69, 9.17) is 4.74 Å². The van der Waals surface area contributed by atoms with Crippen LogP contribution in [0.25, 0.3) is 0 Å². The van der Waals surface area contributed by atoms with E-state index in [1.165, 1.54) is 38.5 Å². The Morgan fingerprint density at radius 2 is 1.46 bits per heavy atom. The minimum absolute atomic E-state index is 0.134. The van der Waals surface area contributed by atoms with E-state index in [0.29, 0.717) is 17.9 Å². The van der Waals surface area contributed by atoms with Crippen molar-refractivity contribution < 1.29 is 20.1 Å². The van der Waals surface area contributed by atoms with Gasteiger partial charge in [-0.1, -0.05) is 33.6 Å². The first-order valence-corrected chi connectivity index (χ1v) is 14.9. The van der Waals surface area contributed by atoms with Gasteiger partial charge in [0.2, 0.25) is 0 Å². The van der Waals surface area contributed by atoms with Crippen molar-refractivity contribution in [3.63, 3.8) is 0 Å². The molecule has 0 spiro atoms. The fraction of sp³-hybridized carbons (Fsp3) is 1.00.